The number of aliphatic hydroxyl groups excluding tert-OH is 1. The highest BCUT2D eigenvalue weighted by Gasteiger charge is 2.36. The Morgan fingerprint density at radius 1 is 1.18 bits per heavy atom. The highest BCUT2D eigenvalue weighted by Crippen LogP contribution is 2.38. The number of aliphatic hydroxyl groups is 1. The van der Waals surface area contributed by atoms with E-state index in [-0.39, 0.29) is 24.0 Å². The summed E-state index contributed by atoms with van der Waals surface area (Å²) in [5, 5.41) is 20.4. The summed E-state index contributed by atoms with van der Waals surface area (Å²) < 4.78 is 6.88. The van der Waals surface area contributed by atoms with E-state index in [1.54, 1.807) is 48.7 Å². The minimum Gasteiger partial charge on any atom is -0.481 e. The van der Waals surface area contributed by atoms with Gasteiger partial charge in [-0.15, -0.1) is 10.2 Å². The second kappa shape index (κ2) is 7.77. The summed E-state index contributed by atoms with van der Waals surface area (Å²) in [5.74, 6) is 0.523. The third-order valence-corrected chi connectivity index (χ3v) is 5.08. The van der Waals surface area contributed by atoms with Gasteiger partial charge in [-0.3, -0.25) is 9.36 Å². The van der Waals surface area contributed by atoms with Crippen LogP contribution in [0.5, 0.6) is 5.88 Å². The lowest BCUT2D eigenvalue weighted by atomic mass is 9.75. The minimum atomic E-state index is -0.307. The lowest BCUT2D eigenvalue weighted by Crippen LogP contribution is -2.41. The molecule has 0 radical (unpaired) electrons. The zero-order chi connectivity index (χ0) is 19.5. The number of nitrogens with zero attached hydrogens (tertiary/aromatic N) is 4. The van der Waals surface area contributed by atoms with Gasteiger partial charge in [0.25, 0.3) is 5.91 Å². The van der Waals surface area contributed by atoms with Crippen LogP contribution in [-0.2, 0) is 0 Å². The van der Waals surface area contributed by atoms with Crippen molar-refractivity contribution in [2.24, 2.45) is 5.92 Å². The van der Waals surface area contributed by atoms with E-state index in [0.717, 1.165) is 11.3 Å². The van der Waals surface area contributed by atoms with Gasteiger partial charge in [-0.2, -0.15) is 0 Å². The molecule has 4 rings (SSSR count). The molecule has 144 valence electrons. The van der Waals surface area contributed by atoms with Gasteiger partial charge in [0, 0.05) is 23.5 Å². The molecule has 1 saturated carbocycles. The zero-order valence-electron chi connectivity index (χ0n) is 15.4. The number of carbonyl (C=O) groups excluding carboxylic acids is 1. The molecule has 0 aliphatic heterocycles. The number of nitrogens with one attached hydrogen (secondary N) is 1. The van der Waals surface area contributed by atoms with Crippen molar-refractivity contribution >= 4 is 5.91 Å². The molecule has 0 spiro atoms. The van der Waals surface area contributed by atoms with Crippen molar-refractivity contribution in [3.05, 3.63) is 66.4 Å². The molecule has 3 aromatic rings. The van der Waals surface area contributed by atoms with Crippen LogP contribution in [-0.4, -0.2) is 44.0 Å². The number of hydrogen-bond donors (Lipinski definition) is 2. The van der Waals surface area contributed by atoms with Crippen LogP contribution >= 0.6 is 0 Å². The number of carbonyl (C=O) groups is 1. The van der Waals surface area contributed by atoms with E-state index in [9.17, 15) is 9.90 Å². The van der Waals surface area contributed by atoms with E-state index in [1.807, 2.05) is 18.2 Å². The molecule has 1 aromatic carbocycles. The van der Waals surface area contributed by atoms with Crippen molar-refractivity contribution in [2.45, 2.75) is 25.0 Å². The van der Waals surface area contributed by atoms with Crippen molar-refractivity contribution in [3.63, 3.8) is 0 Å². The summed E-state index contributed by atoms with van der Waals surface area (Å²) in [7, 11) is 1.56. The number of methoxy groups -OCH3 is 1. The van der Waals surface area contributed by atoms with Crippen molar-refractivity contribution in [2.75, 3.05) is 7.11 Å². The van der Waals surface area contributed by atoms with E-state index < -0.39 is 0 Å². The first-order valence-corrected chi connectivity index (χ1v) is 9.08. The molecule has 0 unspecified atom stereocenters. The SMILES string of the molecule is COc1ccc([C@@H](NC(=O)c2ccc(-n3cnnc3)cc2)C2CC(O)C2)cn1. The van der Waals surface area contributed by atoms with E-state index >= 15 is 0 Å². The largest absolute Gasteiger partial charge is 0.481 e. The van der Waals surface area contributed by atoms with Crippen LogP contribution in [0.2, 0.25) is 0 Å². The number of benzene rings is 1. The first kappa shape index (κ1) is 18.1. The van der Waals surface area contributed by atoms with Crippen LogP contribution in [0.4, 0.5) is 0 Å². The Balaban J connectivity index is 1.51. The third-order valence-electron chi connectivity index (χ3n) is 5.08. The van der Waals surface area contributed by atoms with Crippen LogP contribution in [0, 0.1) is 5.92 Å². The van der Waals surface area contributed by atoms with Gasteiger partial charge in [-0.25, -0.2) is 4.98 Å². The molecule has 1 aliphatic carbocycles. The number of ether oxygens (including phenoxy) is 1. The predicted octanol–water partition coefficient (Wildman–Crippen LogP) is 1.91. The molecule has 2 N–H and O–H groups in total. The quantitative estimate of drug-likeness (QED) is 0.678. The topological polar surface area (TPSA) is 102 Å². The molecule has 8 nitrogen and oxygen atoms in total. The predicted molar refractivity (Wildman–Crippen MR) is 101 cm³/mol. The van der Waals surface area contributed by atoms with Gasteiger partial charge in [0.1, 0.15) is 12.7 Å². The molecule has 1 aliphatic rings. The molecule has 1 amide bonds. The summed E-state index contributed by atoms with van der Waals surface area (Å²) in [6.45, 7) is 0. The highest BCUT2D eigenvalue weighted by molar-refractivity contribution is 5.94. The van der Waals surface area contributed by atoms with Crippen LogP contribution in [0.3, 0.4) is 0 Å². The molecule has 1 fully saturated rings. The van der Waals surface area contributed by atoms with Gasteiger partial charge in [-0.1, -0.05) is 6.07 Å². The van der Waals surface area contributed by atoms with E-state index in [0.29, 0.717) is 24.3 Å². The highest BCUT2D eigenvalue weighted by atomic mass is 16.5. The average molecular weight is 379 g/mol. The van der Waals surface area contributed by atoms with Gasteiger partial charge in [-0.05, 0) is 48.6 Å². The maximum absolute atomic E-state index is 12.8. The first-order chi connectivity index (χ1) is 13.6. The van der Waals surface area contributed by atoms with Crippen LogP contribution in [0.15, 0.2) is 55.2 Å². The molecule has 2 heterocycles. The Bertz CT molecular complexity index is 919. The minimum absolute atomic E-state index is 0.169. The van der Waals surface area contributed by atoms with Gasteiger partial charge in [0.2, 0.25) is 5.88 Å². The molecule has 0 bridgehead atoms. The van der Waals surface area contributed by atoms with Crippen LogP contribution < -0.4 is 10.1 Å². The average Bonchev–Trinajstić information content (AvgIpc) is 3.25. The summed E-state index contributed by atoms with van der Waals surface area (Å²) in [5.41, 5.74) is 2.33. The molecule has 2 aromatic heterocycles. The fourth-order valence-corrected chi connectivity index (χ4v) is 3.42. The van der Waals surface area contributed by atoms with Crippen molar-refractivity contribution in [3.8, 4) is 11.6 Å². The molecular weight excluding hydrogens is 358 g/mol. The number of rotatable bonds is 6. The third kappa shape index (κ3) is 3.72. The van der Waals surface area contributed by atoms with Gasteiger partial charge in [0.05, 0.1) is 19.3 Å². The van der Waals surface area contributed by atoms with Crippen molar-refractivity contribution in [1.29, 1.82) is 0 Å². The number of aromatic nitrogens is 4. The maximum atomic E-state index is 12.8. The molecule has 1 atom stereocenters. The Labute approximate surface area is 162 Å². The fourth-order valence-electron chi connectivity index (χ4n) is 3.42. The molecular formula is C20H21N5O3. The summed E-state index contributed by atoms with van der Waals surface area (Å²) in [4.78, 5) is 17.1. The monoisotopic (exact) mass is 379 g/mol. The number of hydrogen-bond acceptors (Lipinski definition) is 6. The van der Waals surface area contributed by atoms with E-state index in [1.165, 1.54) is 0 Å². The Morgan fingerprint density at radius 3 is 2.46 bits per heavy atom. The van der Waals surface area contributed by atoms with E-state index in [2.05, 4.69) is 20.5 Å². The smallest absolute Gasteiger partial charge is 0.251 e. The lowest BCUT2D eigenvalue weighted by molar-refractivity contribution is 0.0234. The second-order valence-corrected chi connectivity index (χ2v) is 6.89. The Morgan fingerprint density at radius 2 is 1.89 bits per heavy atom. The number of pyridine rings is 1. The standard InChI is InChI=1S/C20H21N5O3/c1-28-18-7-4-14(10-21-18)19(15-8-17(26)9-15)24-20(27)13-2-5-16(6-3-13)25-11-22-23-12-25/h2-7,10-12,15,17,19,26H,8-9H2,1H3,(H,24,27)/t15?,17?,19-/m1/s1. The fraction of sp³-hybridized carbons (Fsp3) is 0.300. The van der Waals surface area contributed by atoms with Crippen LogP contribution in [0.25, 0.3) is 5.69 Å². The molecule has 0 saturated heterocycles. The summed E-state index contributed by atoms with van der Waals surface area (Å²) in [6, 6.07) is 10.7. The Hall–Kier alpha value is -3.26. The zero-order valence-corrected chi connectivity index (χ0v) is 15.4. The molecule has 8 heteroatoms. The van der Waals surface area contributed by atoms with E-state index in [4.69, 9.17) is 4.74 Å². The normalized spacial score (nSPS) is 19.5. The van der Waals surface area contributed by atoms with Crippen LogP contribution in [0.1, 0.15) is 34.8 Å². The van der Waals surface area contributed by atoms with Crippen molar-refractivity contribution < 1.29 is 14.6 Å². The van der Waals surface area contributed by atoms with Gasteiger partial charge < -0.3 is 15.2 Å². The summed E-state index contributed by atoms with van der Waals surface area (Å²) in [6.07, 6.45) is 5.92. The molecule has 28 heavy (non-hydrogen) atoms. The first-order valence-electron chi connectivity index (χ1n) is 9.08. The maximum Gasteiger partial charge on any atom is 0.251 e. The lowest BCUT2D eigenvalue weighted by Gasteiger charge is -2.38. The number of amides is 1. The summed E-state index contributed by atoms with van der Waals surface area (Å²) >= 11 is 0. The second-order valence-electron chi connectivity index (χ2n) is 6.89. The Kier molecular flexibility index (Phi) is 5.03. The van der Waals surface area contributed by atoms with Crippen molar-refractivity contribution in [1.82, 2.24) is 25.1 Å². The van der Waals surface area contributed by atoms with Gasteiger partial charge in [0.15, 0.2) is 0 Å². The van der Waals surface area contributed by atoms with Gasteiger partial charge >= 0.3 is 0 Å².